The van der Waals surface area contributed by atoms with Crippen LogP contribution in [0.1, 0.15) is 0 Å². The highest BCUT2D eigenvalue weighted by Gasteiger charge is 2.23. The van der Waals surface area contributed by atoms with E-state index in [1.165, 1.54) is 25.3 Å². The second-order valence-corrected chi connectivity index (χ2v) is 4.62. The van der Waals surface area contributed by atoms with Gasteiger partial charge in [0.05, 0.1) is 38.6 Å². The Kier molecular flexibility index (Phi) is 4.33. The summed E-state index contributed by atoms with van der Waals surface area (Å²) in [5, 5.41) is 28.5. The normalized spacial score (nSPS) is 10.3. The van der Waals surface area contributed by atoms with E-state index in [2.05, 4.69) is 19.6 Å². The molecule has 0 N–H and O–H groups in total. The first kappa shape index (κ1) is 14.7. The first-order valence-electron chi connectivity index (χ1n) is 5.43. The molecule has 0 atom stereocenters. The summed E-state index contributed by atoms with van der Waals surface area (Å²) in [5.41, 5.74) is -0.0545. The van der Waals surface area contributed by atoms with Crippen LogP contribution in [0.3, 0.4) is 0 Å². The van der Waals surface area contributed by atoms with Gasteiger partial charge in [-0.15, -0.1) is 11.8 Å². The summed E-state index contributed by atoms with van der Waals surface area (Å²) >= 11 is 1.06. The number of rotatable bonds is 5. The van der Waals surface area contributed by atoms with Gasteiger partial charge in [0.25, 0.3) is 11.4 Å². The number of carbonyl (C=O) groups is 1. The van der Waals surface area contributed by atoms with Crippen molar-refractivity contribution in [3.05, 3.63) is 28.3 Å². The van der Waals surface area contributed by atoms with Crippen LogP contribution >= 0.6 is 11.8 Å². The van der Waals surface area contributed by atoms with Gasteiger partial charge in [0.1, 0.15) is 5.27 Å². The topological polar surface area (TPSA) is 135 Å². The highest BCUT2D eigenvalue weighted by Crippen LogP contribution is 2.26. The van der Waals surface area contributed by atoms with Crippen LogP contribution in [0.4, 0.5) is 5.69 Å². The fourth-order valence-electron chi connectivity index (χ4n) is 1.38. The summed E-state index contributed by atoms with van der Waals surface area (Å²) in [6.45, 7) is 0. The van der Waals surface area contributed by atoms with E-state index in [1.54, 1.807) is 0 Å². The SMILES string of the molecule is COC(=O)CSc1ccc([N+](=O)[O-])cc1-[n+]1noc([O-])n1. The van der Waals surface area contributed by atoms with Gasteiger partial charge in [0, 0.05) is 6.07 Å². The van der Waals surface area contributed by atoms with E-state index >= 15 is 0 Å². The molecule has 21 heavy (non-hydrogen) atoms. The minimum atomic E-state index is -0.939. The summed E-state index contributed by atoms with van der Waals surface area (Å²) in [5.74, 6) is -0.476. The molecule has 0 saturated carbocycles. The number of benzene rings is 1. The maximum Gasteiger partial charge on any atom is 0.315 e. The zero-order valence-corrected chi connectivity index (χ0v) is 11.4. The summed E-state index contributed by atoms with van der Waals surface area (Å²) < 4.78 is 8.81. The van der Waals surface area contributed by atoms with Gasteiger partial charge in [0.15, 0.2) is 0 Å². The molecule has 11 heteroatoms. The Morgan fingerprint density at radius 2 is 2.33 bits per heavy atom. The van der Waals surface area contributed by atoms with Crippen molar-refractivity contribution in [1.29, 1.82) is 0 Å². The molecule has 0 amide bonds. The fourth-order valence-corrected chi connectivity index (χ4v) is 2.22. The molecule has 1 aromatic heterocycles. The largest absolute Gasteiger partial charge is 0.523 e. The maximum atomic E-state index is 11.2. The third-order valence-electron chi connectivity index (χ3n) is 2.31. The number of thioether (sulfide) groups is 1. The molecular weight excluding hydrogens is 304 g/mol. The highest BCUT2D eigenvalue weighted by atomic mass is 32.2. The van der Waals surface area contributed by atoms with Gasteiger partial charge in [-0.1, -0.05) is 0 Å². The molecule has 2 rings (SSSR count). The van der Waals surface area contributed by atoms with Crippen LogP contribution in [0, 0.1) is 10.1 Å². The van der Waals surface area contributed by atoms with Crippen molar-refractivity contribution in [2.75, 3.05) is 12.9 Å². The monoisotopic (exact) mass is 312 g/mol. The summed E-state index contributed by atoms with van der Waals surface area (Å²) in [6, 6.07) is 3.87. The average molecular weight is 312 g/mol. The summed E-state index contributed by atoms with van der Waals surface area (Å²) in [7, 11) is 1.25. The smallest absolute Gasteiger partial charge is 0.315 e. The van der Waals surface area contributed by atoms with Gasteiger partial charge >= 0.3 is 5.97 Å². The van der Waals surface area contributed by atoms with Crippen LogP contribution in [0.5, 0.6) is 6.08 Å². The van der Waals surface area contributed by atoms with Gasteiger partial charge in [-0.2, -0.15) is 0 Å². The molecule has 2 aromatic rings. The number of esters is 1. The molecule has 10 nitrogen and oxygen atoms in total. The fraction of sp³-hybridized carbons (Fsp3) is 0.200. The van der Waals surface area contributed by atoms with Crippen LogP contribution < -0.4 is 9.90 Å². The zero-order chi connectivity index (χ0) is 15.4. The summed E-state index contributed by atoms with van der Waals surface area (Å²) in [6.07, 6.45) is -0.939. The predicted octanol–water partition coefficient (Wildman–Crippen LogP) is -0.407. The number of nitro benzene ring substituents is 1. The quantitative estimate of drug-likeness (QED) is 0.237. The first-order chi connectivity index (χ1) is 10.0. The molecule has 1 aromatic carbocycles. The van der Waals surface area contributed by atoms with E-state index in [0.29, 0.717) is 4.90 Å². The molecule has 0 fully saturated rings. The predicted molar refractivity (Wildman–Crippen MR) is 64.7 cm³/mol. The van der Waals surface area contributed by atoms with Gasteiger partial charge in [-0.3, -0.25) is 14.9 Å². The molecule has 0 aliphatic heterocycles. The van der Waals surface area contributed by atoms with Crippen LogP contribution in [0.25, 0.3) is 5.69 Å². The number of aromatic nitrogens is 3. The first-order valence-corrected chi connectivity index (χ1v) is 6.41. The zero-order valence-electron chi connectivity index (χ0n) is 10.6. The van der Waals surface area contributed by atoms with Crippen LogP contribution in [-0.2, 0) is 9.53 Å². The van der Waals surface area contributed by atoms with Crippen molar-refractivity contribution in [2.24, 2.45) is 0 Å². The van der Waals surface area contributed by atoms with Crippen molar-refractivity contribution in [3.63, 3.8) is 0 Å². The Labute approximate surface area is 121 Å². The number of ether oxygens (including phenoxy) is 1. The van der Waals surface area contributed by atoms with E-state index in [4.69, 9.17) is 0 Å². The number of non-ortho nitro benzene ring substituents is 1. The Hall–Kier alpha value is -2.69. The van der Waals surface area contributed by atoms with Crippen molar-refractivity contribution in [1.82, 2.24) is 10.4 Å². The molecule has 0 aliphatic carbocycles. The lowest BCUT2D eigenvalue weighted by molar-refractivity contribution is -0.728. The van der Waals surface area contributed by atoms with Crippen molar-refractivity contribution < 1.29 is 28.9 Å². The second kappa shape index (κ2) is 6.17. The van der Waals surface area contributed by atoms with Gasteiger partial charge in [-0.05, 0) is 6.07 Å². The lowest BCUT2D eigenvalue weighted by atomic mass is 10.3. The van der Waals surface area contributed by atoms with E-state index < -0.39 is 17.0 Å². The molecule has 0 saturated heterocycles. The van der Waals surface area contributed by atoms with Gasteiger partial charge in [0.2, 0.25) is 6.08 Å². The third kappa shape index (κ3) is 3.45. The maximum absolute atomic E-state index is 11.2. The van der Waals surface area contributed by atoms with E-state index in [-0.39, 0.29) is 17.1 Å². The minimum absolute atomic E-state index is 0.00997. The van der Waals surface area contributed by atoms with Crippen molar-refractivity contribution in [2.45, 2.75) is 4.90 Å². The molecule has 0 unspecified atom stereocenters. The summed E-state index contributed by atoms with van der Waals surface area (Å²) in [4.78, 5) is 22.6. The van der Waals surface area contributed by atoms with Crippen LogP contribution in [0.15, 0.2) is 27.6 Å². The number of nitro groups is 1. The number of hydrogen-bond acceptors (Lipinski definition) is 9. The Bertz CT molecular complexity index is 688. The third-order valence-corrected chi connectivity index (χ3v) is 3.35. The van der Waals surface area contributed by atoms with Crippen molar-refractivity contribution in [3.8, 4) is 11.8 Å². The number of methoxy groups -OCH3 is 1. The molecule has 0 spiro atoms. The van der Waals surface area contributed by atoms with E-state index in [1.807, 2.05) is 0 Å². The lowest BCUT2D eigenvalue weighted by Gasteiger charge is -2.01. The number of hydrogen-bond donors (Lipinski definition) is 0. The van der Waals surface area contributed by atoms with Crippen LogP contribution in [-0.4, -0.2) is 34.1 Å². The molecular formula is C10H8N4O6S. The molecule has 0 aliphatic rings. The Morgan fingerprint density at radius 3 is 2.90 bits per heavy atom. The van der Waals surface area contributed by atoms with Gasteiger partial charge in [-0.25, -0.2) is 0 Å². The number of nitrogens with zero attached hydrogens (tertiary/aromatic N) is 4. The Morgan fingerprint density at radius 1 is 1.57 bits per heavy atom. The van der Waals surface area contributed by atoms with E-state index in [9.17, 15) is 20.0 Å². The molecule has 0 bridgehead atoms. The minimum Gasteiger partial charge on any atom is -0.523 e. The molecule has 110 valence electrons. The van der Waals surface area contributed by atoms with Crippen molar-refractivity contribution >= 4 is 23.4 Å². The second-order valence-electron chi connectivity index (χ2n) is 3.60. The lowest BCUT2D eigenvalue weighted by Crippen LogP contribution is -2.36. The number of carbonyl (C=O) groups excluding carboxylic acids is 1. The highest BCUT2D eigenvalue weighted by molar-refractivity contribution is 8.00. The van der Waals surface area contributed by atoms with Crippen LogP contribution in [0.2, 0.25) is 0 Å². The van der Waals surface area contributed by atoms with Gasteiger partial charge < -0.3 is 14.4 Å². The van der Waals surface area contributed by atoms with E-state index in [0.717, 1.165) is 16.6 Å². The standard InChI is InChI=1S/C10H8N4O6S/c1-19-9(15)5-21-8-3-2-6(14(17)18)4-7(8)13-11-10(16)20-12-13/h2-4H,5H2,1H3. The molecule has 0 radical (unpaired) electrons. The Balaban J connectivity index is 2.39. The average Bonchev–Trinajstić information content (AvgIpc) is 2.90. The molecule has 1 heterocycles.